The van der Waals surface area contributed by atoms with Crippen LogP contribution in [0.1, 0.15) is 39.7 Å². The zero-order chi connectivity index (χ0) is 13.3. The van der Waals surface area contributed by atoms with Gasteiger partial charge in [-0.3, -0.25) is 4.79 Å². The molecular weight excluding hydrogens is 224 g/mol. The van der Waals surface area contributed by atoms with Gasteiger partial charge in [0.15, 0.2) is 5.78 Å². The third-order valence-electron chi connectivity index (χ3n) is 3.82. The minimum atomic E-state index is -0.383. The van der Waals surface area contributed by atoms with Crippen molar-refractivity contribution in [1.29, 1.82) is 0 Å². The Morgan fingerprint density at radius 3 is 2.33 bits per heavy atom. The summed E-state index contributed by atoms with van der Waals surface area (Å²) >= 11 is 0. The molecule has 0 saturated heterocycles. The van der Waals surface area contributed by atoms with Crippen LogP contribution in [-0.4, -0.2) is 5.78 Å². The van der Waals surface area contributed by atoms with Crippen molar-refractivity contribution in [3.63, 3.8) is 0 Å². The van der Waals surface area contributed by atoms with Gasteiger partial charge in [0.2, 0.25) is 0 Å². The molecule has 0 saturated carbocycles. The van der Waals surface area contributed by atoms with E-state index in [2.05, 4.69) is 26.0 Å². The number of hydrogen-bond donors (Lipinski definition) is 0. The molecule has 0 amide bonds. The van der Waals surface area contributed by atoms with Crippen LogP contribution in [0.2, 0.25) is 0 Å². The van der Waals surface area contributed by atoms with E-state index in [1.807, 2.05) is 25.1 Å². The Hall–Kier alpha value is -1.57. The van der Waals surface area contributed by atoms with E-state index in [0.717, 1.165) is 16.9 Å². The van der Waals surface area contributed by atoms with Crippen molar-refractivity contribution >= 4 is 5.78 Å². The summed E-state index contributed by atoms with van der Waals surface area (Å²) in [7, 11) is 0. The van der Waals surface area contributed by atoms with E-state index in [9.17, 15) is 4.79 Å². The average molecular weight is 244 g/mol. The topological polar surface area (TPSA) is 26.3 Å². The zero-order valence-electron chi connectivity index (χ0n) is 11.5. The molecule has 1 heterocycles. The van der Waals surface area contributed by atoms with Crippen LogP contribution in [0.25, 0.3) is 0 Å². The quantitative estimate of drug-likeness (QED) is 0.808. The number of benzene rings is 1. The smallest absolute Gasteiger partial charge is 0.159 e. The molecule has 2 rings (SSSR count). The molecule has 2 nitrogen and oxygen atoms in total. The molecule has 18 heavy (non-hydrogen) atoms. The lowest BCUT2D eigenvalue weighted by Gasteiger charge is -2.34. The second kappa shape index (κ2) is 4.60. The summed E-state index contributed by atoms with van der Waals surface area (Å²) < 4.78 is 6.13. The lowest BCUT2D eigenvalue weighted by molar-refractivity contribution is -0.113. The highest BCUT2D eigenvalue weighted by Gasteiger charge is 2.44. The van der Waals surface area contributed by atoms with Gasteiger partial charge in [-0.1, -0.05) is 44.2 Å². The van der Waals surface area contributed by atoms with Crippen LogP contribution in [0.3, 0.4) is 0 Å². The monoisotopic (exact) mass is 244 g/mol. The molecule has 1 unspecified atom stereocenters. The van der Waals surface area contributed by atoms with Gasteiger partial charge in [0, 0.05) is 12.0 Å². The van der Waals surface area contributed by atoms with Gasteiger partial charge in [-0.2, -0.15) is 0 Å². The molecule has 0 aromatic heterocycles. The third kappa shape index (κ3) is 1.96. The van der Waals surface area contributed by atoms with E-state index in [-0.39, 0.29) is 11.4 Å². The van der Waals surface area contributed by atoms with Gasteiger partial charge in [0.05, 0.1) is 0 Å². The first-order chi connectivity index (χ1) is 8.47. The van der Waals surface area contributed by atoms with Crippen molar-refractivity contribution < 1.29 is 9.53 Å². The highest BCUT2D eigenvalue weighted by atomic mass is 16.5. The first-order valence-corrected chi connectivity index (χ1v) is 6.42. The highest BCUT2D eigenvalue weighted by Crippen LogP contribution is 2.46. The number of hydrogen-bond acceptors (Lipinski definition) is 2. The Labute approximate surface area is 109 Å². The van der Waals surface area contributed by atoms with Crippen LogP contribution < -0.4 is 0 Å². The van der Waals surface area contributed by atoms with Gasteiger partial charge in [-0.15, -0.1) is 0 Å². The molecule has 1 aromatic carbocycles. The molecule has 1 aliphatic heterocycles. The lowest BCUT2D eigenvalue weighted by Crippen LogP contribution is -2.32. The summed E-state index contributed by atoms with van der Waals surface area (Å²) in [5.41, 5.74) is 1.59. The van der Waals surface area contributed by atoms with Gasteiger partial charge in [0.1, 0.15) is 11.4 Å². The van der Waals surface area contributed by atoms with Crippen molar-refractivity contribution in [2.24, 2.45) is 5.92 Å². The van der Waals surface area contributed by atoms with Gasteiger partial charge < -0.3 is 4.74 Å². The maximum atomic E-state index is 11.7. The van der Waals surface area contributed by atoms with Gasteiger partial charge >= 0.3 is 0 Å². The predicted molar refractivity (Wildman–Crippen MR) is 72.0 cm³/mol. The van der Waals surface area contributed by atoms with E-state index in [4.69, 9.17) is 4.74 Å². The van der Waals surface area contributed by atoms with E-state index < -0.39 is 0 Å². The highest BCUT2D eigenvalue weighted by molar-refractivity contribution is 5.94. The minimum Gasteiger partial charge on any atom is -0.486 e. The molecule has 0 aliphatic carbocycles. The molecule has 96 valence electrons. The van der Waals surface area contributed by atoms with Crippen LogP contribution in [-0.2, 0) is 15.1 Å². The van der Waals surface area contributed by atoms with Crippen molar-refractivity contribution in [3.8, 4) is 0 Å². The molecule has 1 atom stereocenters. The van der Waals surface area contributed by atoms with E-state index in [1.54, 1.807) is 6.92 Å². The van der Waals surface area contributed by atoms with Crippen molar-refractivity contribution in [2.45, 2.75) is 39.7 Å². The Kier molecular flexibility index (Phi) is 3.29. The largest absolute Gasteiger partial charge is 0.486 e. The third-order valence-corrected chi connectivity index (χ3v) is 3.82. The molecule has 2 heteroatoms. The standard InChI is InChI=1S/C16H20O2/c1-11(2)16(14-8-6-5-7-9-14)10-15(12(3)17)13(4)18-16/h5-9,11H,10H2,1-4H3. The molecule has 0 N–H and O–H groups in total. The Bertz CT molecular complexity index is 485. The Morgan fingerprint density at radius 1 is 1.28 bits per heavy atom. The molecule has 1 aromatic rings. The van der Waals surface area contributed by atoms with Crippen LogP contribution in [0, 0.1) is 5.92 Å². The fourth-order valence-corrected chi connectivity index (χ4v) is 2.67. The molecule has 0 spiro atoms. The molecule has 0 radical (unpaired) electrons. The first-order valence-electron chi connectivity index (χ1n) is 6.42. The molecule has 0 fully saturated rings. The number of Topliss-reactive ketones (excluding diaryl/α,β-unsaturated/α-hetero) is 1. The summed E-state index contributed by atoms with van der Waals surface area (Å²) in [6, 6.07) is 10.2. The summed E-state index contributed by atoms with van der Waals surface area (Å²) in [6.07, 6.45) is 0.676. The van der Waals surface area contributed by atoms with Crippen molar-refractivity contribution in [3.05, 3.63) is 47.2 Å². The predicted octanol–water partition coefficient (Wildman–Crippen LogP) is 3.82. The van der Waals surface area contributed by atoms with Crippen LogP contribution in [0.15, 0.2) is 41.7 Å². The van der Waals surface area contributed by atoms with Crippen LogP contribution >= 0.6 is 0 Å². The summed E-state index contributed by atoms with van der Waals surface area (Å²) in [5, 5.41) is 0. The van der Waals surface area contributed by atoms with E-state index in [1.165, 1.54) is 0 Å². The SMILES string of the molecule is CC(=O)C1=C(C)OC(c2ccccc2)(C(C)C)C1. The number of allylic oxidation sites excluding steroid dienone is 1. The van der Waals surface area contributed by atoms with Crippen molar-refractivity contribution in [1.82, 2.24) is 0 Å². The number of ether oxygens (including phenoxy) is 1. The van der Waals surface area contributed by atoms with Crippen LogP contribution in [0.5, 0.6) is 0 Å². The number of carbonyl (C=O) groups is 1. The molecular formula is C16H20O2. The molecule has 1 aliphatic rings. The van der Waals surface area contributed by atoms with E-state index >= 15 is 0 Å². The first kappa shape index (κ1) is 12.9. The number of carbonyl (C=O) groups excluding carboxylic acids is 1. The van der Waals surface area contributed by atoms with Gasteiger partial charge in [-0.05, 0) is 25.3 Å². The van der Waals surface area contributed by atoms with Crippen LogP contribution in [0.4, 0.5) is 0 Å². The minimum absolute atomic E-state index is 0.117. The lowest BCUT2D eigenvalue weighted by atomic mass is 9.79. The second-order valence-corrected chi connectivity index (χ2v) is 5.28. The summed E-state index contributed by atoms with van der Waals surface area (Å²) in [5.74, 6) is 1.21. The average Bonchev–Trinajstić information content (AvgIpc) is 2.70. The Balaban J connectivity index is 2.43. The van der Waals surface area contributed by atoms with Gasteiger partial charge in [-0.25, -0.2) is 0 Å². The summed E-state index contributed by atoms with van der Waals surface area (Å²) in [4.78, 5) is 11.7. The number of ketones is 1. The zero-order valence-corrected chi connectivity index (χ0v) is 11.5. The maximum absolute atomic E-state index is 11.7. The maximum Gasteiger partial charge on any atom is 0.159 e. The van der Waals surface area contributed by atoms with Gasteiger partial charge in [0.25, 0.3) is 0 Å². The van der Waals surface area contributed by atoms with E-state index in [0.29, 0.717) is 12.3 Å². The molecule has 0 bridgehead atoms. The van der Waals surface area contributed by atoms with Crippen molar-refractivity contribution in [2.75, 3.05) is 0 Å². The normalized spacial score (nSPS) is 23.4. The summed E-state index contributed by atoms with van der Waals surface area (Å²) in [6.45, 7) is 7.79. The Morgan fingerprint density at radius 2 is 1.89 bits per heavy atom. The number of rotatable bonds is 3. The second-order valence-electron chi connectivity index (χ2n) is 5.28. The fraction of sp³-hybridized carbons (Fsp3) is 0.438. The fourth-order valence-electron chi connectivity index (χ4n) is 2.67.